The first-order valence-electron chi connectivity index (χ1n) is 17.9. The fourth-order valence-corrected chi connectivity index (χ4v) is 5.62. The third kappa shape index (κ3) is 13.7. The first-order valence-corrected chi connectivity index (χ1v) is 18.6. The Hall–Kier alpha value is -6.70. The van der Waals surface area contributed by atoms with Gasteiger partial charge in [0.1, 0.15) is 24.6 Å². The predicted octanol–water partition coefficient (Wildman–Crippen LogP) is 3.85. The van der Waals surface area contributed by atoms with Crippen molar-refractivity contribution in [3.8, 4) is 11.5 Å². The lowest BCUT2D eigenvalue weighted by molar-refractivity contribution is -0.119. The number of rotatable bonds is 13. The van der Waals surface area contributed by atoms with E-state index in [1.165, 1.54) is 20.9 Å². The molecule has 21 heteroatoms. The summed E-state index contributed by atoms with van der Waals surface area (Å²) in [5, 5.41) is 10.7. The highest BCUT2D eigenvalue weighted by Gasteiger charge is 2.28. The number of halogens is 2. The van der Waals surface area contributed by atoms with E-state index in [0.717, 1.165) is 22.6 Å². The number of carbonyl (C=O) groups excluding carboxylic acids is 4. The fourth-order valence-electron chi connectivity index (χ4n) is 5.22. The monoisotopic (exact) mass is 845 g/mol. The van der Waals surface area contributed by atoms with Crippen LogP contribution in [0.15, 0.2) is 72.8 Å². The largest absolute Gasteiger partial charge is 0.497 e. The van der Waals surface area contributed by atoms with E-state index in [1.54, 1.807) is 14.2 Å². The molecule has 3 aromatic carbocycles. The van der Waals surface area contributed by atoms with Gasteiger partial charge in [-0.05, 0) is 71.1 Å². The molecule has 6 amide bonds. The highest BCUT2D eigenvalue weighted by atomic mass is 35.5. The number of carbonyl (C=O) groups is 4. The molecule has 2 aliphatic rings. The fraction of sp³-hybridized carbons (Fsp3) is 0.263. The summed E-state index contributed by atoms with van der Waals surface area (Å²) in [7, 11) is 3.24. The molecule has 2 aromatic heterocycles. The molecule has 6 N–H and O–H groups in total. The zero-order valence-corrected chi connectivity index (χ0v) is 33.8. The standard InChI is InChI=1S/C23H25N7O4.C8H11N.C7H5Cl2N5O2/c1-33-17-7-3-15(4-8-17)11-24-21-26-19(13-30-14-20(31)28-23(30)32)27-22(29-21)25-12-16-5-9-18(34-2)10-6-16;1-7-2-4-8(6-9)5-3-7;8-5-10-3(11-6(9)13-5)1-14-2-4(15)12-7(14)16/h3-10H,11-14H2,1-2H3,(H,28,31,32)(H2,24,25,26,27,29);2-5H,6,9H2,1H3;1-2H2,(H,12,15,16). The summed E-state index contributed by atoms with van der Waals surface area (Å²) in [5.41, 5.74) is 9.91. The van der Waals surface area contributed by atoms with Crippen LogP contribution in [-0.2, 0) is 42.3 Å². The van der Waals surface area contributed by atoms with Crippen molar-refractivity contribution in [2.45, 2.75) is 39.6 Å². The predicted molar refractivity (Wildman–Crippen MR) is 217 cm³/mol. The number of hydrogen-bond acceptors (Lipinski definition) is 15. The van der Waals surface area contributed by atoms with Crippen molar-refractivity contribution < 1.29 is 28.7 Å². The van der Waals surface area contributed by atoms with Crippen LogP contribution in [0.4, 0.5) is 21.5 Å². The number of nitrogens with two attached hydrogens (primary N) is 1. The number of aryl methyl sites for hydroxylation is 1. The number of nitrogens with zero attached hydrogens (tertiary/aromatic N) is 8. The van der Waals surface area contributed by atoms with Crippen LogP contribution in [0.2, 0.25) is 10.6 Å². The first-order chi connectivity index (χ1) is 28.4. The lowest BCUT2D eigenvalue weighted by Crippen LogP contribution is -2.29. The molecule has 7 rings (SSSR count). The second-order valence-corrected chi connectivity index (χ2v) is 13.4. The van der Waals surface area contributed by atoms with Crippen LogP contribution in [0, 0.1) is 6.92 Å². The van der Waals surface area contributed by atoms with Crippen LogP contribution in [0.5, 0.6) is 11.5 Å². The van der Waals surface area contributed by atoms with Crippen LogP contribution in [0.1, 0.15) is 33.9 Å². The lowest BCUT2D eigenvalue weighted by atomic mass is 10.2. The number of hydrogen-bond donors (Lipinski definition) is 5. The van der Waals surface area contributed by atoms with Crippen molar-refractivity contribution >= 4 is 59.0 Å². The summed E-state index contributed by atoms with van der Waals surface area (Å²) in [6, 6.07) is 22.6. The van der Waals surface area contributed by atoms with Crippen LogP contribution in [-0.4, -0.2) is 90.9 Å². The number of ether oxygens (including phenoxy) is 2. The zero-order chi connectivity index (χ0) is 42.3. The molecule has 0 radical (unpaired) electrons. The zero-order valence-electron chi connectivity index (χ0n) is 32.2. The molecule has 0 saturated carbocycles. The maximum absolute atomic E-state index is 12.0. The highest BCUT2D eigenvalue weighted by Crippen LogP contribution is 2.16. The summed E-state index contributed by atoms with van der Waals surface area (Å²) in [6.45, 7) is 3.74. The van der Waals surface area contributed by atoms with Gasteiger partial charge >= 0.3 is 12.1 Å². The van der Waals surface area contributed by atoms with Crippen molar-refractivity contribution in [3.63, 3.8) is 0 Å². The van der Waals surface area contributed by atoms with Gasteiger partial charge in [-0.2, -0.15) is 19.9 Å². The van der Waals surface area contributed by atoms with Crippen molar-refractivity contribution in [1.82, 2.24) is 50.3 Å². The minimum Gasteiger partial charge on any atom is -0.497 e. The van der Waals surface area contributed by atoms with E-state index in [4.69, 9.17) is 38.4 Å². The van der Waals surface area contributed by atoms with Gasteiger partial charge < -0.3 is 35.6 Å². The van der Waals surface area contributed by atoms with Crippen LogP contribution in [0.3, 0.4) is 0 Å². The summed E-state index contributed by atoms with van der Waals surface area (Å²) >= 11 is 11.1. The number of nitrogens with one attached hydrogen (secondary N) is 4. The highest BCUT2D eigenvalue weighted by molar-refractivity contribution is 6.31. The minimum absolute atomic E-state index is 0.0280. The van der Waals surface area contributed by atoms with Crippen molar-refractivity contribution in [2.75, 3.05) is 37.9 Å². The molecular formula is C38H41Cl2N13O6. The van der Waals surface area contributed by atoms with Crippen LogP contribution >= 0.6 is 23.2 Å². The number of benzene rings is 3. The number of methoxy groups -OCH3 is 2. The molecule has 2 fully saturated rings. The number of amides is 6. The van der Waals surface area contributed by atoms with Gasteiger partial charge in [-0.3, -0.25) is 20.2 Å². The maximum Gasteiger partial charge on any atom is 0.324 e. The average molecular weight is 847 g/mol. The van der Waals surface area contributed by atoms with E-state index in [0.29, 0.717) is 37.4 Å². The molecule has 0 unspecified atom stereocenters. The Morgan fingerprint density at radius 2 is 1.02 bits per heavy atom. The summed E-state index contributed by atoms with van der Waals surface area (Å²) in [5.74, 6) is 2.12. The van der Waals surface area contributed by atoms with E-state index in [1.807, 2.05) is 48.5 Å². The molecule has 19 nitrogen and oxygen atoms in total. The average Bonchev–Trinajstić information content (AvgIpc) is 3.72. The van der Waals surface area contributed by atoms with Gasteiger partial charge in [-0.15, -0.1) is 0 Å². The molecule has 308 valence electrons. The van der Waals surface area contributed by atoms with Gasteiger partial charge in [0, 0.05) is 19.6 Å². The Morgan fingerprint density at radius 1 is 0.610 bits per heavy atom. The molecule has 2 aliphatic heterocycles. The second-order valence-electron chi connectivity index (χ2n) is 12.7. The molecule has 0 bridgehead atoms. The SMILES string of the molecule is COc1ccc(CNc2nc(CN3CC(=O)NC3=O)nc(NCc3ccc(OC)cc3)n2)cc1.Cc1ccc(CN)cc1.O=C1CN(Cc2nc(Cl)nc(Cl)n2)C(=O)N1. The van der Waals surface area contributed by atoms with Gasteiger partial charge in [-0.1, -0.05) is 54.1 Å². The molecule has 2 saturated heterocycles. The maximum atomic E-state index is 12.0. The molecular weight excluding hydrogens is 805 g/mol. The van der Waals surface area contributed by atoms with Crippen molar-refractivity contribution in [2.24, 2.45) is 5.73 Å². The summed E-state index contributed by atoms with van der Waals surface area (Å²) in [4.78, 5) is 72.7. The number of urea groups is 2. The lowest BCUT2D eigenvalue weighted by Gasteiger charge is -2.14. The first kappa shape index (κ1) is 43.4. The Kier molecular flexibility index (Phi) is 15.6. The third-order valence-corrected chi connectivity index (χ3v) is 8.62. The van der Waals surface area contributed by atoms with Crippen LogP contribution < -0.4 is 36.5 Å². The minimum atomic E-state index is -0.488. The van der Waals surface area contributed by atoms with E-state index < -0.39 is 12.1 Å². The van der Waals surface area contributed by atoms with E-state index in [-0.39, 0.29) is 54.4 Å². The normalized spacial score (nSPS) is 13.1. The Labute approximate surface area is 349 Å². The molecule has 0 atom stereocenters. The van der Waals surface area contributed by atoms with E-state index in [9.17, 15) is 19.2 Å². The number of aromatic nitrogens is 6. The van der Waals surface area contributed by atoms with Crippen molar-refractivity contribution in [1.29, 1.82) is 0 Å². The Bertz CT molecular complexity index is 2140. The number of imide groups is 2. The van der Waals surface area contributed by atoms with Crippen molar-refractivity contribution in [3.05, 3.63) is 117 Å². The second kappa shape index (κ2) is 21.2. The van der Waals surface area contributed by atoms with Gasteiger partial charge in [0.05, 0.1) is 27.3 Å². The van der Waals surface area contributed by atoms with Gasteiger partial charge in [0.25, 0.3) is 0 Å². The summed E-state index contributed by atoms with van der Waals surface area (Å²) < 4.78 is 10.4. The van der Waals surface area contributed by atoms with Gasteiger partial charge in [-0.25, -0.2) is 19.6 Å². The molecule has 59 heavy (non-hydrogen) atoms. The molecule has 0 spiro atoms. The van der Waals surface area contributed by atoms with Gasteiger partial charge in [0.15, 0.2) is 11.6 Å². The Morgan fingerprint density at radius 3 is 1.39 bits per heavy atom. The quantitative estimate of drug-likeness (QED) is 0.106. The third-order valence-electron chi connectivity index (χ3n) is 8.29. The van der Waals surface area contributed by atoms with Gasteiger partial charge in [0.2, 0.25) is 34.3 Å². The summed E-state index contributed by atoms with van der Waals surface area (Å²) in [6.07, 6.45) is 0. The van der Waals surface area contributed by atoms with Crippen LogP contribution in [0.25, 0.3) is 0 Å². The smallest absolute Gasteiger partial charge is 0.324 e. The number of anilines is 2. The van der Waals surface area contributed by atoms with E-state index >= 15 is 0 Å². The molecule has 0 aliphatic carbocycles. The topological polar surface area (TPSA) is 245 Å². The molecule has 4 heterocycles. The molecule has 5 aromatic rings. The Balaban J connectivity index is 0.000000216. The van der Waals surface area contributed by atoms with E-state index in [2.05, 4.69) is 82.4 Å².